The largest absolute Gasteiger partial charge is 0.491 e. The molecule has 8 rings (SSSR count). The lowest BCUT2D eigenvalue weighted by atomic mass is 10.1. The number of anilines is 2. The van der Waals surface area contributed by atoms with Crippen molar-refractivity contribution in [1.29, 1.82) is 0 Å². The summed E-state index contributed by atoms with van der Waals surface area (Å²) in [4.78, 5) is 117. The molecule has 4 aromatic carbocycles. The number of benzene rings is 4. The van der Waals surface area contributed by atoms with Crippen LogP contribution >= 0.6 is 15.9 Å². The van der Waals surface area contributed by atoms with E-state index >= 15 is 0 Å². The minimum atomic E-state index is -1.10. The van der Waals surface area contributed by atoms with E-state index in [1.165, 1.54) is 43.6 Å². The maximum Gasteiger partial charge on any atom is 0.338 e. The molecule has 0 aliphatic carbocycles. The average Bonchev–Trinajstić information content (AvgIpc) is 4.01. The summed E-state index contributed by atoms with van der Waals surface area (Å²) in [6.07, 6.45) is 3.40. The molecular weight excluding hydrogens is 1060 g/mol. The number of amides is 2. The summed E-state index contributed by atoms with van der Waals surface area (Å²) >= 11 is 2.94. The minimum Gasteiger partial charge on any atom is -0.491 e. The first kappa shape index (κ1) is 58.4. The molecular formula is C55H59BrN6O15. The second-order valence-electron chi connectivity index (χ2n) is 17.8. The number of hydrogen-bond acceptors (Lipinski definition) is 15. The number of aromatic nitrogens is 4. The fourth-order valence-electron chi connectivity index (χ4n) is 8.31. The molecule has 3 unspecified atom stereocenters. The number of aliphatic hydroxyl groups is 2. The number of carbonyl (C=O) groups is 5. The van der Waals surface area contributed by atoms with E-state index in [1.807, 2.05) is 5.83 Å². The van der Waals surface area contributed by atoms with Crippen molar-refractivity contribution < 1.29 is 53.1 Å². The summed E-state index contributed by atoms with van der Waals surface area (Å²) in [6.45, 7) is 4.79. The highest BCUT2D eigenvalue weighted by atomic mass is 79.9. The lowest BCUT2D eigenvalue weighted by Gasteiger charge is -2.22. The van der Waals surface area contributed by atoms with E-state index in [-0.39, 0.29) is 81.4 Å². The van der Waals surface area contributed by atoms with Crippen LogP contribution in [0.4, 0.5) is 11.4 Å². The summed E-state index contributed by atoms with van der Waals surface area (Å²) in [5, 5.41) is 18.9. The second kappa shape index (κ2) is 27.8. The number of Topliss-reactive ketones (excluding diaryl/α,β-unsaturated/α-hetero) is 1. The molecule has 0 spiro atoms. The van der Waals surface area contributed by atoms with Gasteiger partial charge in [0.05, 0.1) is 25.4 Å². The first-order valence-corrected chi connectivity index (χ1v) is 26.0. The zero-order valence-corrected chi connectivity index (χ0v) is 44.2. The van der Waals surface area contributed by atoms with Crippen molar-refractivity contribution >= 4 is 56.7 Å². The fourth-order valence-corrected chi connectivity index (χ4v) is 8.31. The maximum absolute atomic E-state index is 13.3. The molecule has 2 amide bonds. The van der Waals surface area contributed by atoms with E-state index in [2.05, 4.69) is 15.9 Å². The normalized spacial score (nSPS) is 15.7. The molecule has 0 radical (unpaired) electrons. The Balaban J connectivity index is 0.000000242. The average molecular weight is 1120 g/mol. The van der Waals surface area contributed by atoms with Crippen LogP contribution in [-0.2, 0) is 23.9 Å². The van der Waals surface area contributed by atoms with Crippen LogP contribution in [0.1, 0.15) is 65.9 Å². The molecule has 21 nitrogen and oxygen atoms in total. The molecule has 22 heteroatoms. The van der Waals surface area contributed by atoms with Gasteiger partial charge in [-0.2, -0.15) is 9.13 Å². The molecule has 0 saturated carbocycles. The van der Waals surface area contributed by atoms with Crippen molar-refractivity contribution in [3.05, 3.63) is 187 Å². The number of halogens is 1. The Morgan fingerprint density at radius 1 is 0.584 bits per heavy atom. The Morgan fingerprint density at radius 2 is 0.987 bits per heavy atom. The summed E-state index contributed by atoms with van der Waals surface area (Å²) in [5.41, 5.74) is -2.70. The van der Waals surface area contributed by atoms with Crippen LogP contribution in [0.2, 0.25) is 0 Å². The number of carbonyl (C=O) groups excluding carboxylic acids is 5. The summed E-state index contributed by atoms with van der Waals surface area (Å²) < 4.78 is 25.2. The molecule has 4 heterocycles. The number of aliphatic hydroxyl groups excluding tert-OH is 1. The van der Waals surface area contributed by atoms with Crippen molar-refractivity contribution in [2.45, 2.75) is 50.8 Å². The lowest BCUT2D eigenvalue weighted by Crippen LogP contribution is -2.45. The van der Waals surface area contributed by atoms with Gasteiger partial charge < -0.3 is 39.0 Å². The number of nitrogens with zero attached hydrogens (tertiary/aromatic N) is 6. The monoisotopic (exact) mass is 1120 g/mol. The first-order chi connectivity index (χ1) is 37.1. The Hall–Kier alpha value is -7.89. The van der Waals surface area contributed by atoms with Gasteiger partial charge in [-0.25, -0.2) is 9.59 Å². The van der Waals surface area contributed by atoms with Crippen molar-refractivity contribution in [1.82, 2.24) is 18.3 Å². The van der Waals surface area contributed by atoms with Gasteiger partial charge in [0.1, 0.15) is 43.4 Å². The predicted octanol–water partition coefficient (Wildman–Crippen LogP) is 3.88. The summed E-state index contributed by atoms with van der Waals surface area (Å²) in [5.74, 6) is 0.756. The van der Waals surface area contributed by atoms with E-state index in [1.54, 1.807) is 102 Å². The topological polar surface area (TPSA) is 257 Å². The lowest BCUT2D eigenvalue weighted by molar-refractivity contribution is -0.122. The van der Waals surface area contributed by atoms with Crippen LogP contribution < -0.4 is 41.8 Å². The number of ketones is 1. The van der Waals surface area contributed by atoms with Crippen LogP contribution in [0.5, 0.6) is 11.5 Å². The standard InChI is InChI=1S/C28H31N3O8.C26H25N3O7.CH3Br/c1-28(37,13-16-32)19-38-17-18-39-22-9-7-21(8-10-22)29-14-11-23(26(29)35)30-15-12-24(33)31(27(30)36)25(34)20-5-3-2-4-6-20;1-18(30)17-35-15-16-36-21-9-7-20(8-10-21)27-13-11-22(25(27)33)28-14-12-23(31)29(26(28)34)24(32)19-5-3-2-4-6-19;1-2/h2-10,12,15,23,32,37H,11,13-14,16-19H2,1H3;2-10,12,14,22H,11,13,15-17H2,1H3;1H3. The summed E-state index contributed by atoms with van der Waals surface area (Å²) in [7, 11) is 0. The predicted molar refractivity (Wildman–Crippen MR) is 288 cm³/mol. The van der Waals surface area contributed by atoms with Crippen LogP contribution in [0.15, 0.2) is 153 Å². The molecule has 3 atom stereocenters. The van der Waals surface area contributed by atoms with Crippen LogP contribution in [0, 0.1) is 0 Å². The molecule has 2 fully saturated rings. The van der Waals surface area contributed by atoms with Gasteiger partial charge in [-0.15, -0.1) is 0 Å². The SMILES string of the molecule is CBr.CC(=O)COCCOc1ccc(N2CCC(n3ccc(=O)n(C(=O)c4ccccc4)c3=O)C2=O)cc1.CC(O)(CCO)COCCOc1ccc(N2CCC(n3ccc(=O)n(C(=O)c4ccccc4)c3=O)C2=O)cc1. The Bertz CT molecular complexity index is 3230. The number of hydrogen-bond donors (Lipinski definition) is 2. The molecule has 0 bridgehead atoms. The third kappa shape index (κ3) is 14.9. The van der Waals surface area contributed by atoms with Gasteiger partial charge in [0.25, 0.3) is 22.9 Å². The molecule has 406 valence electrons. The van der Waals surface area contributed by atoms with Crippen LogP contribution in [-0.4, -0.2) is 129 Å². The van der Waals surface area contributed by atoms with Crippen molar-refractivity contribution in [3.8, 4) is 11.5 Å². The molecule has 6 aromatic rings. The zero-order valence-electron chi connectivity index (χ0n) is 42.6. The molecule has 77 heavy (non-hydrogen) atoms. The Kier molecular flexibility index (Phi) is 21.0. The molecule has 2 aliphatic heterocycles. The smallest absolute Gasteiger partial charge is 0.338 e. The highest BCUT2D eigenvalue weighted by molar-refractivity contribution is 9.08. The Morgan fingerprint density at radius 3 is 1.38 bits per heavy atom. The van der Waals surface area contributed by atoms with Gasteiger partial charge in [-0.1, -0.05) is 52.3 Å². The van der Waals surface area contributed by atoms with Gasteiger partial charge in [0, 0.05) is 73.1 Å². The van der Waals surface area contributed by atoms with Gasteiger partial charge in [0.2, 0.25) is 11.8 Å². The van der Waals surface area contributed by atoms with E-state index < -0.39 is 52.0 Å². The van der Waals surface area contributed by atoms with Crippen molar-refractivity contribution in [2.75, 3.05) is 75.0 Å². The number of rotatable bonds is 20. The third-order valence-corrected chi connectivity index (χ3v) is 12.2. The van der Waals surface area contributed by atoms with E-state index in [0.29, 0.717) is 57.9 Å². The first-order valence-electron chi connectivity index (χ1n) is 24.4. The second-order valence-corrected chi connectivity index (χ2v) is 17.8. The van der Waals surface area contributed by atoms with E-state index in [0.717, 1.165) is 21.3 Å². The number of ether oxygens (including phenoxy) is 4. The van der Waals surface area contributed by atoms with Crippen molar-refractivity contribution in [3.63, 3.8) is 0 Å². The number of alkyl halides is 1. The van der Waals surface area contributed by atoms with Crippen molar-refractivity contribution in [2.24, 2.45) is 0 Å². The highest BCUT2D eigenvalue weighted by Crippen LogP contribution is 2.30. The maximum atomic E-state index is 13.3. The van der Waals surface area contributed by atoms with Crippen LogP contribution in [0.25, 0.3) is 0 Å². The minimum absolute atomic E-state index is 0.0432. The molecule has 2 N–H and O–H groups in total. The molecule has 2 aromatic heterocycles. The van der Waals surface area contributed by atoms with Gasteiger partial charge in [-0.3, -0.25) is 42.7 Å². The molecule has 2 saturated heterocycles. The van der Waals surface area contributed by atoms with E-state index in [9.17, 15) is 48.3 Å². The zero-order chi connectivity index (χ0) is 55.6. The third-order valence-electron chi connectivity index (χ3n) is 12.2. The van der Waals surface area contributed by atoms with E-state index in [4.69, 9.17) is 24.1 Å². The highest BCUT2D eigenvalue weighted by Gasteiger charge is 2.37. The van der Waals surface area contributed by atoms with Gasteiger partial charge >= 0.3 is 11.4 Å². The van der Waals surface area contributed by atoms with Crippen LogP contribution in [0.3, 0.4) is 0 Å². The van der Waals surface area contributed by atoms with Gasteiger partial charge in [0.15, 0.2) is 5.78 Å². The molecule has 2 aliphatic rings. The summed E-state index contributed by atoms with van der Waals surface area (Å²) in [6, 6.07) is 30.3. The fraction of sp³-hybridized carbons (Fsp3) is 0.327. The quantitative estimate of drug-likeness (QED) is 0.0813. The van der Waals surface area contributed by atoms with Gasteiger partial charge in [-0.05, 0) is 105 Å². The Labute approximate surface area is 450 Å².